The number of alkyl halides is 1. The number of aromatic nitrogens is 2. The molecule has 1 fully saturated rings. The van der Waals surface area contributed by atoms with Crippen molar-refractivity contribution in [3.8, 4) is 5.75 Å². The monoisotopic (exact) mass is 445 g/mol. The maximum Gasteiger partial charge on any atom is 0.410 e. The van der Waals surface area contributed by atoms with Crippen LogP contribution in [0.5, 0.6) is 5.75 Å². The molecule has 0 spiro atoms. The summed E-state index contributed by atoms with van der Waals surface area (Å²) in [5.41, 5.74) is 1.06. The number of nitrogens with zero attached hydrogens (tertiary/aromatic N) is 3. The molecule has 2 atom stereocenters. The highest BCUT2D eigenvalue weighted by atomic mass is 19.1. The molecule has 7 heteroatoms. The molecule has 2 aromatic rings. The number of carbonyl (C=O) groups excluding carboxylic acids is 1. The Kier molecular flexibility index (Phi) is 7.91. The highest BCUT2D eigenvalue weighted by Crippen LogP contribution is 2.28. The highest BCUT2D eigenvalue weighted by Gasteiger charge is 2.33. The van der Waals surface area contributed by atoms with Crippen LogP contribution in [0.4, 0.5) is 9.18 Å². The smallest absolute Gasteiger partial charge is 0.410 e. The molecule has 1 amide bonds. The van der Waals surface area contributed by atoms with Gasteiger partial charge in [0.15, 0.2) is 5.65 Å². The fourth-order valence-electron chi connectivity index (χ4n) is 4.01. The number of unbranched alkanes of at least 4 members (excludes halogenated alkanes) is 1. The first-order valence-corrected chi connectivity index (χ1v) is 11.7. The van der Waals surface area contributed by atoms with Gasteiger partial charge in [-0.15, -0.1) is 0 Å². The van der Waals surface area contributed by atoms with E-state index < -0.39 is 11.8 Å². The zero-order valence-corrected chi connectivity index (χ0v) is 19.9. The van der Waals surface area contributed by atoms with E-state index in [2.05, 4.69) is 9.97 Å². The van der Waals surface area contributed by atoms with Crippen molar-refractivity contribution in [2.45, 2.75) is 84.6 Å². The molecule has 1 aliphatic rings. The molecule has 3 heterocycles. The van der Waals surface area contributed by atoms with E-state index in [0.717, 1.165) is 36.1 Å². The van der Waals surface area contributed by atoms with E-state index in [0.29, 0.717) is 31.6 Å². The lowest BCUT2D eigenvalue weighted by Crippen LogP contribution is -2.36. The predicted molar refractivity (Wildman–Crippen MR) is 124 cm³/mol. The first-order valence-electron chi connectivity index (χ1n) is 11.7. The van der Waals surface area contributed by atoms with E-state index in [4.69, 9.17) is 9.47 Å². The van der Waals surface area contributed by atoms with E-state index in [1.807, 2.05) is 52.8 Å². The number of rotatable bonds is 8. The summed E-state index contributed by atoms with van der Waals surface area (Å²) >= 11 is 0. The second-order valence-corrected chi connectivity index (χ2v) is 9.89. The average molecular weight is 446 g/mol. The van der Waals surface area contributed by atoms with Gasteiger partial charge < -0.3 is 14.4 Å². The molecule has 176 valence electrons. The van der Waals surface area contributed by atoms with Crippen LogP contribution in [0.3, 0.4) is 0 Å². The van der Waals surface area contributed by atoms with Crippen LogP contribution >= 0.6 is 0 Å². The van der Waals surface area contributed by atoms with Crippen LogP contribution in [0.2, 0.25) is 0 Å². The molecule has 32 heavy (non-hydrogen) atoms. The van der Waals surface area contributed by atoms with Gasteiger partial charge in [0.25, 0.3) is 0 Å². The number of halogens is 1. The molecule has 6 nitrogen and oxygen atoms in total. The zero-order valence-electron chi connectivity index (χ0n) is 19.9. The summed E-state index contributed by atoms with van der Waals surface area (Å²) in [6, 6.07) is 5.82. The van der Waals surface area contributed by atoms with Gasteiger partial charge in [-0.25, -0.2) is 19.2 Å². The second kappa shape index (κ2) is 10.5. The molecule has 0 aromatic carbocycles. The average Bonchev–Trinajstić information content (AvgIpc) is 3.20. The van der Waals surface area contributed by atoms with E-state index >= 15 is 0 Å². The summed E-state index contributed by atoms with van der Waals surface area (Å²) in [5.74, 6) is 0.682. The van der Waals surface area contributed by atoms with Crippen molar-refractivity contribution in [3.05, 3.63) is 30.1 Å². The minimum atomic E-state index is -0.909. The third-order valence-electron chi connectivity index (χ3n) is 5.51. The highest BCUT2D eigenvalue weighted by molar-refractivity contribution is 5.81. The normalized spacial score (nSPS) is 17.7. The third-order valence-corrected chi connectivity index (χ3v) is 5.51. The molecule has 0 N–H and O–H groups in total. The Morgan fingerprint density at radius 1 is 1.31 bits per heavy atom. The SMILES string of the molecule is CC(C)Oc1cc(CCCCC(F)[C@@H]2CCN(C(=O)OC(C)(C)C)C2)nc2ncccc12. The summed E-state index contributed by atoms with van der Waals surface area (Å²) in [6.45, 7) is 10.5. The number of fused-ring (bicyclic) bond motifs is 1. The van der Waals surface area contributed by atoms with Gasteiger partial charge in [0.1, 0.15) is 17.5 Å². The minimum Gasteiger partial charge on any atom is -0.490 e. The van der Waals surface area contributed by atoms with E-state index in [9.17, 15) is 9.18 Å². The van der Waals surface area contributed by atoms with Gasteiger partial charge in [-0.2, -0.15) is 0 Å². The van der Waals surface area contributed by atoms with Crippen LogP contribution < -0.4 is 4.74 Å². The second-order valence-electron chi connectivity index (χ2n) is 9.89. The summed E-state index contributed by atoms with van der Waals surface area (Å²) < 4.78 is 26.2. The molecule has 1 aliphatic heterocycles. The van der Waals surface area contributed by atoms with E-state index in [1.165, 1.54) is 0 Å². The van der Waals surface area contributed by atoms with Crippen molar-refractivity contribution in [2.24, 2.45) is 5.92 Å². The van der Waals surface area contributed by atoms with Gasteiger partial charge in [-0.1, -0.05) is 6.42 Å². The number of hydrogen-bond acceptors (Lipinski definition) is 5. The summed E-state index contributed by atoms with van der Waals surface area (Å²) in [7, 11) is 0. The van der Waals surface area contributed by atoms with Crippen molar-refractivity contribution < 1.29 is 18.7 Å². The van der Waals surface area contributed by atoms with Crippen LogP contribution in [0, 0.1) is 5.92 Å². The largest absolute Gasteiger partial charge is 0.490 e. The van der Waals surface area contributed by atoms with Crippen molar-refractivity contribution >= 4 is 17.1 Å². The molecule has 0 radical (unpaired) electrons. The quantitative estimate of drug-likeness (QED) is 0.486. The van der Waals surface area contributed by atoms with E-state index in [1.54, 1.807) is 11.1 Å². The Morgan fingerprint density at radius 2 is 2.09 bits per heavy atom. The van der Waals surface area contributed by atoms with Gasteiger partial charge in [-0.3, -0.25) is 0 Å². The fraction of sp³-hybridized carbons (Fsp3) is 0.640. The van der Waals surface area contributed by atoms with Crippen LogP contribution in [0.15, 0.2) is 24.4 Å². The summed E-state index contributed by atoms with van der Waals surface area (Å²) in [6.07, 6.45) is 4.09. The Balaban J connectivity index is 1.48. The molecular weight excluding hydrogens is 409 g/mol. The zero-order chi connectivity index (χ0) is 23.3. The third kappa shape index (κ3) is 6.78. The van der Waals surface area contributed by atoms with Crippen LogP contribution in [0.25, 0.3) is 11.0 Å². The summed E-state index contributed by atoms with van der Waals surface area (Å²) in [5, 5.41) is 0.907. The summed E-state index contributed by atoms with van der Waals surface area (Å²) in [4.78, 5) is 22.8. The van der Waals surface area contributed by atoms with Gasteiger partial charge >= 0.3 is 6.09 Å². The first kappa shape index (κ1) is 24.2. The minimum absolute atomic E-state index is 0.0626. The van der Waals surface area contributed by atoms with Gasteiger partial charge in [-0.05, 0) is 72.4 Å². The predicted octanol–water partition coefficient (Wildman–Crippen LogP) is 5.72. The number of hydrogen-bond donors (Lipinski definition) is 0. The number of carbonyl (C=O) groups is 1. The van der Waals surface area contributed by atoms with Crippen LogP contribution in [0.1, 0.15) is 66.0 Å². The molecule has 0 bridgehead atoms. The standard InChI is InChI=1S/C25H36FN3O3/c1-17(2)31-22-15-19(28-23-20(22)10-8-13-27-23)9-6-7-11-21(26)18-12-14-29(16-18)24(30)32-25(3,4)5/h8,10,13,15,17-18,21H,6-7,9,11-12,14,16H2,1-5H3/t18-,21?/m1/s1. The maximum absolute atomic E-state index is 14.8. The Morgan fingerprint density at radius 3 is 2.81 bits per heavy atom. The van der Waals surface area contributed by atoms with Gasteiger partial charge in [0, 0.05) is 37.0 Å². The number of pyridine rings is 2. The van der Waals surface area contributed by atoms with Crippen LogP contribution in [-0.4, -0.2) is 51.9 Å². The lowest BCUT2D eigenvalue weighted by molar-refractivity contribution is 0.0280. The number of amides is 1. The van der Waals surface area contributed by atoms with Crippen LogP contribution in [-0.2, 0) is 11.2 Å². The fourth-order valence-corrected chi connectivity index (χ4v) is 4.01. The molecule has 0 aliphatic carbocycles. The topological polar surface area (TPSA) is 64.5 Å². The molecular formula is C25H36FN3O3. The number of aryl methyl sites for hydroxylation is 1. The van der Waals surface area contributed by atoms with Crippen molar-refractivity contribution in [1.29, 1.82) is 0 Å². The molecule has 3 rings (SSSR count). The molecule has 2 aromatic heterocycles. The lowest BCUT2D eigenvalue weighted by Gasteiger charge is -2.24. The van der Waals surface area contributed by atoms with Gasteiger partial charge in [0.2, 0.25) is 0 Å². The molecule has 1 saturated heterocycles. The van der Waals surface area contributed by atoms with Crippen molar-refractivity contribution in [2.75, 3.05) is 13.1 Å². The maximum atomic E-state index is 14.8. The lowest BCUT2D eigenvalue weighted by atomic mass is 9.97. The van der Waals surface area contributed by atoms with Crippen molar-refractivity contribution in [1.82, 2.24) is 14.9 Å². The van der Waals surface area contributed by atoms with Crippen molar-refractivity contribution in [3.63, 3.8) is 0 Å². The Bertz CT molecular complexity index is 913. The number of ether oxygens (including phenoxy) is 2. The number of likely N-dealkylation sites (tertiary alicyclic amines) is 1. The Labute approximate surface area is 190 Å². The van der Waals surface area contributed by atoms with Gasteiger partial charge in [0.05, 0.1) is 11.5 Å². The first-order chi connectivity index (χ1) is 15.1. The molecule has 0 saturated carbocycles. The van der Waals surface area contributed by atoms with E-state index in [-0.39, 0.29) is 18.1 Å². The molecule has 1 unspecified atom stereocenters. The Hall–Kier alpha value is -2.44.